The summed E-state index contributed by atoms with van der Waals surface area (Å²) in [5, 5.41) is 10.7. The topological polar surface area (TPSA) is 60.9 Å². The van der Waals surface area contributed by atoms with Crippen molar-refractivity contribution in [2.75, 3.05) is 26.2 Å². The summed E-state index contributed by atoms with van der Waals surface area (Å²) in [6.07, 6.45) is 5.34. The molecule has 5 nitrogen and oxygen atoms in total. The molecular formula is C17H28N2O3. The minimum absolute atomic E-state index is 0.0249. The molecule has 3 fully saturated rings. The van der Waals surface area contributed by atoms with Crippen molar-refractivity contribution in [1.82, 2.24) is 9.80 Å². The summed E-state index contributed by atoms with van der Waals surface area (Å²) in [6, 6.07) is 0. The van der Waals surface area contributed by atoms with Gasteiger partial charge in [0.1, 0.15) is 0 Å². The summed E-state index contributed by atoms with van der Waals surface area (Å²) in [7, 11) is 0. The third-order valence-electron chi connectivity index (χ3n) is 5.71. The zero-order valence-electron chi connectivity index (χ0n) is 13.8. The SMILES string of the molecule is CC1(C)CC(=O)N(CC(=O)N2CC[C@@]3(O)CCCC[C@H]3C2)C1. The number of piperidine rings is 1. The van der Waals surface area contributed by atoms with Gasteiger partial charge in [0.05, 0.1) is 12.1 Å². The molecule has 3 aliphatic rings. The molecule has 0 aromatic heterocycles. The molecule has 1 saturated carbocycles. The van der Waals surface area contributed by atoms with Crippen LogP contribution in [0.2, 0.25) is 0 Å². The Kier molecular flexibility index (Phi) is 3.96. The average molecular weight is 308 g/mol. The molecule has 2 aliphatic heterocycles. The number of likely N-dealkylation sites (tertiary alicyclic amines) is 2. The number of rotatable bonds is 2. The predicted molar refractivity (Wildman–Crippen MR) is 83.1 cm³/mol. The summed E-state index contributed by atoms with van der Waals surface area (Å²) in [5.74, 6) is 0.341. The van der Waals surface area contributed by atoms with Crippen molar-refractivity contribution in [2.45, 2.75) is 58.0 Å². The molecule has 1 N–H and O–H groups in total. The first-order valence-corrected chi connectivity index (χ1v) is 8.57. The maximum absolute atomic E-state index is 12.5. The van der Waals surface area contributed by atoms with Crippen LogP contribution in [0.15, 0.2) is 0 Å². The van der Waals surface area contributed by atoms with Gasteiger partial charge in [0.15, 0.2) is 0 Å². The zero-order chi connectivity index (χ0) is 16.0. The van der Waals surface area contributed by atoms with Gasteiger partial charge in [-0.05, 0) is 24.7 Å². The molecule has 3 rings (SSSR count). The molecule has 2 heterocycles. The van der Waals surface area contributed by atoms with Gasteiger partial charge in [0.25, 0.3) is 0 Å². The molecule has 2 amide bonds. The average Bonchev–Trinajstić information content (AvgIpc) is 2.70. The van der Waals surface area contributed by atoms with Crippen LogP contribution in [0.3, 0.4) is 0 Å². The van der Waals surface area contributed by atoms with Crippen molar-refractivity contribution in [3.8, 4) is 0 Å². The molecule has 124 valence electrons. The van der Waals surface area contributed by atoms with Gasteiger partial charge in [-0.2, -0.15) is 0 Å². The Morgan fingerprint density at radius 2 is 2.09 bits per heavy atom. The van der Waals surface area contributed by atoms with Crippen LogP contribution < -0.4 is 0 Å². The fourth-order valence-corrected chi connectivity index (χ4v) is 4.39. The number of amides is 2. The molecule has 2 atom stereocenters. The lowest BCUT2D eigenvalue weighted by Crippen LogP contribution is -2.56. The van der Waals surface area contributed by atoms with Crippen LogP contribution in [-0.4, -0.2) is 58.5 Å². The third kappa shape index (κ3) is 3.00. The molecule has 1 aliphatic carbocycles. The van der Waals surface area contributed by atoms with Crippen molar-refractivity contribution < 1.29 is 14.7 Å². The first-order chi connectivity index (χ1) is 10.3. The van der Waals surface area contributed by atoms with Crippen LogP contribution in [-0.2, 0) is 9.59 Å². The minimum Gasteiger partial charge on any atom is -0.389 e. The lowest BCUT2D eigenvalue weighted by atomic mass is 9.71. The smallest absolute Gasteiger partial charge is 0.242 e. The summed E-state index contributed by atoms with van der Waals surface area (Å²) in [5.41, 5.74) is -0.580. The molecule has 0 unspecified atom stereocenters. The molecule has 0 aromatic carbocycles. The fraction of sp³-hybridized carbons (Fsp3) is 0.882. The number of aliphatic hydroxyl groups is 1. The molecule has 2 saturated heterocycles. The lowest BCUT2D eigenvalue weighted by Gasteiger charge is -2.47. The van der Waals surface area contributed by atoms with Gasteiger partial charge in [0.2, 0.25) is 11.8 Å². The van der Waals surface area contributed by atoms with E-state index in [2.05, 4.69) is 13.8 Å². The Balaban J connectivity index is 1.58. The van der Waals surface area contributed by atoms with E-state index in [1.807, 2.05) is 4.90 Å². The van der Waals surface area contributed by atoms with Crippen molar-refractivity contribution in [2.24, 2.45) is 11.3 Å². The van der Waals surface area contributed by atoms with E-state index < -0.39 is 5.60 Å². The lowest BCUT2D eigenvalue weighted by molar-refractivity contribution is -0.147. The number of carbonyl (C=O) groups excluding carboxylic acids is 2. The summed E-state index contributed by atoms with van der Waals surface area (Å²) < 4.78 is 0. The number of nitrogens with zero attached hydrogens (tertiary/aromatic N) is 2. The highest BCUT2D eigenvalue weighted by Gasteiger charge is 2.44. The largest absolute Gasteiger partial charge is 0.389 e. The van der Waals surface area contributed by atoms with Gasteiger partial charge >= 0.3 is 0 Å². The number of hydrogen-bond donors (Lipinski definition) is 1. The molecule has 0 spiro atoms. The molecule has 0 aromatic rings. The minimum atomic E-state index is -0.555. The van der Waals surface area contributed by atoms with E-state index in [0.29, 0.717) is 32.5 Å². The highest BCUT2D eigenvalue weighted by atomic mass is 16.3. The summed E-state index contributed by atoms with van der Waals surface area (Å²) >= 11 is 0. The van der Waals surface area contributed by atoms with Crippen LogP contribution >= 0.6 is 0 Å². The molecule has 22 heavy (non-hydrogen) atoms. The molecule has 0 radical (unpaired) electrons. The summed E-state index contributed by atoms with van der Waals surface area (Å²) in [6.45, 7) is 6.28. The Labute approximate surface area is 132 Å². The van der Waals surface area contributed by atoms with Crippen molar-refractivity contribution in [3.05, 3.63) is 0 Å². The standard InChI is InChI=1S/C17H28N2O3/c1-16(2)9-14(20)19(12-16)11-15(21)18-8-7-17(22)6-4-3-5-13(17)10-18/h13,22H,3-12H2,1-2H3/t13-,17-/m0/s1. The second-order valence-corrected chi connectivity index (χ2v) is 8.23. The Bertz CT molecular complexity index is 477. The second-order valence-electron chi connectivity index (χ2n) is 8.23. The zero-order valence-corrected chi connectivity index (χ0v) is 13.8. The first-order valence-electron chi connectivity index (χ1n) is 8.57. The van der Waals surface area contributed by atoms with Crippen LogP contribution in [0.5, 0.6) is 0 Å². The van der Waals surface area contributed by atoms with Crippen LogP contribution in [0.25, 0.3) is 0 Å². The highest BCUT2D eigenvalue weighted by molar-refractivity contribution is 5.86. The number of fused-ring (bicyclic) bond motifs is 1. The highest BCUT2D eigenvalue weighted by Crippen LogP contribution is 2.39. The number of hydrogen-bond acceptors (Lipinski definition) is 3. The van der Waals surface area contributed by atoms with E-state index in [-0.39, 0.29) is 29.7 Å². The molecule has 5 heteroatoms. The fourth-order valence-electron chi connectivity index (χ4n) is 4.39. The van der Waals surface area contributed by atoms with E-state index in [1.54, 1.807) is 4.90 Å². The van der Waals surface area contributed by atoms with Crippen LogP contribution in [0.4, 0.5) is 0 Å². The van der Waals surface area contributed by atoms with Gasteiger partial charge in [-0.25, -0.2) is 0 Å². The third-order valence-corrected chi connectivity index (χ3v) is 5.71. The molecule has 0 bridgehead atoms. The Hall–Kier alpha value is -1.10. The van der Waals surface area contributed by atoms with Crippen molar-refractivity contribution >= 4 is 11.8 Å². The van der Waals surface area contributed by atoms with Crippen molar-refractivity contribution in [3.63, 3.8) is 0 Å². The summed E-state index contributed by atoms with van der Waals surface area (Å²) in [4.78, 5) is 28.1. The first kappa shape index (κ1) is 15.8. The van der Waals surface area contributed by atoms with Gasteiger partial charge in [-0.3, -0.25) is 9.59 Å². The number of carbonyl (C=O) groups is 2. The van der Waals surface area contributed by atoms with Crippen LogP contribution in [0, 0.1) is 11.3 Å². The van der Waals surface area contributed by atoms with E-state index in [0.717, 1.165) is 25.7 Å². The van der Waals surface area contributed by atoms with Gasteiger partial charge in [-0.15, -0.1) is 0 Å². The van der Waals surface area contributed by atoms with Gasteiger partial charge < -0.3 is 14.9 Å². The van der Waals surface area contributed by atoms with E-state index >= 15 is 0 Å². The quantitative estimate of drug-likeness (QED) is 0.839. The van der Waals surface area contributed by atoms with E-state index in [4.69, 9.17) is 0 Å². The van der Waals surface area contributed by atoms with E-state index in [9.17, 15) is 14.7 Å². The maximum atomic E-state index is 12.5. The van der Waals surface area contributed by atoms with Crippen molar-refractivity contribution in [1.29, 1.82) is 0 Å². The van der Waals surface area contributed by atoms with E-state index in [1.165, 1.54) is 0 Å². The molecular weight excluding hydrogens is 280 g/mol. The predicted octanol–water partition coefficient (Wildman–Crippen LogP) is 1.40. The van der Waals surface area contributed by atoms with Gasteiger partial charge in [0, 0.05) is 32.0 Å². The Morgan fingerprint density at radius 3 is 2.77 bits per heavy atom. The Morgan fingerprint density at radius 1 is 1.32 bits per heavy atom. The monoisotopic (exact) mass is 308 g/mol. The van der Waals surface area contributed by atoms with Gasteiger partial charge in [-0.1, -0.05) is 26.7 Å². The maximum Gasteiger partial charge on any atom is 0.242 e. The second kappa shape index (κ2) is 5.52. The normalized spacial score (nSPS) is 34.7. The van der Waals surface area contributed by atoms with Crippen LogP contribution in [0.1, 0.15) is 52.4 Å².